The molecule has 0 aliphatic heterocycles. The van der Waals surface area contributed by atoms with E-state index < -0.39 is 23.6 Å². The molecule has 0 aliphatic carbocycles. The number of fused-ring (bicyclic) bond motifs is 1. The summed E-state index contributed by atoms with van der Waals surface area (Å²) in [5.41, 5.74) is -0.0519. The Morgan fingerprint density at radius 2 is 2.23 bits per heavy atom. The summed E-state index contributed by atoms with van der Waals surface area (Å²) in [6, 6.07) is 3.96. The van der Waals surface area contributed by atoms with Crippen molar-refractivity contribution in [1.29, 1.82) is 0 Å². The Morgan fingerprint density at radius 3 is 2.86 bits per heavy atom. The molecule has 1 amide bonds. The number of aliphatic carboxylic acids is 1. The van der Waals surface area contributed by atoms with E-state index in [1.807, 2.05) is 0 Å². The molecule has 2 N–H and O–H groups in total. The van der Waals surface area contributed by atoms with Crippen LogP contribution in [0.2, 0.25) is 0 Å². The van der Waals surface area contributed by atoms with Gasteiger partial charge >= 0.3 is 11.7 Å². The Kier molecular flexibility index (Phi) is 4.89. The standard InChI is InChI=1S/C13H16N4O5/c1-22-7-5-9(12(19)20)14-11(18)8-17-13(21)16-6-3-2-4-10(16)15-17/h2-4,6,9H,5,7-8H2,1H3,(H,14,18)(H,19,20). The van der Waals surface area contributed by atoms with E-state index in [4.69, 9.17) is 9.84 Å². The SMILES string of the molecule is COCCC(NC(=O)Cn1nc2ccccn2c1=O)C(=O)O. The number of ether oxygens (including phenoxy) is 1. The number of rotatable bonds is 7. The van der Waals surface area contributed by atoms with Crippen LogP contribution < -0.4 is 11.0 Å². The maximum absolute atomic E-state index is 12.0. The molecule has 0 bridgehead atoms. The van der Waals surface area contributed by atoms with Gasteiger partial charge in [-0.2, -0.15) is 0 Å². The average Bonchev–Trinajstić information content (AvgIpc) is 2.80. The zero-order valence-corrected chi connectivity index (χ0v) is 11.9. The lowest BCUT2D eigenvalue weighted by Gasteiger charge is -2.13. The molecular formula is C13H16N4O5. The molecule has 22 heavy (non-hydrogen) atoms. The molecule has 0 radical (unpaired) electrons. The van der Waals surface area contributed by atoms with Crippen LogP contribution in [-0.2, 0) is 20.9 Å². The molecule has 9 heteroatoms. The van der Waals surface area contributed by atoms with E-state index in [2.05, 4.69) is 10.4 Å². The highest BCUT2D eigenvalue weighted by molar-refractivity contribution is 5.83. The predicted molar refractivity (Wildman–Crippen MR) is 75.5 cm³/mol. The maximum Gasteiger partial charge on any atom is 0.350 e. The van der Waals surface area contributed by atoms with E-state index in [0.717, 1.165) is 4.68 Å². The van der Waals surface area contributed by atoms with Crippen molar-refractivity contribution < 1.29 is 19.4 Å². The van der Waals surface area contributed by atoms with Crippen LogP contribution in [0.4, 0.5) is 0 Å². The number of nitrogens with one attached hydrogen (secondary N) is 1. The lowest BCUT2D eigenvalue weighted by molar-refractivity contribution is -0.142. The first kappa shape index (κ1) is 15.7. The number of pyridine rings is 1. The molecule has 0 fully saturated rings. The molecule has 2 aromatic rings. The fourth-order valence-electron chi connectivity index (χ4n) is 1.94. The minimum atomic E-state index is -1.16. The Balaban J connectivity index is 2.08. The summed E-state index contributed by atoms with van der Waals surface area (Å²) in [5.74, 6) is -1.76. The molecule has 0 aliphatic rings. The third-order valence-corrected chi connectivity index (χ3v) is 3.03. The molecule has 2 rings (SSSR count). The van der Waals surface area contributed by atoms with Crippen molar-refractivity contribution in [3.05, 3.63) is 34.9 Å². The van der Waals surface area contributed by atoms with Gasteiger partial charge in [-0.15, -0.1) is 5.10 Å². The molecule has 0 aromatic carbocycles. The van der Waals surface area contributed by atoms with Crippen molar-refractivity contribution in [2.75, 3.05) is 13.7 Å². The van der Waals surface area contributed by atoms with Gasteiger partial charge in [-0.1, -0.05) is 6.07 Å². The van der Waals surface area contributed by atoms with E-state index in [1.54, 1.807) is 18.2 Å². The normalized spacial score (nSPS) is 12.2. The summed E-state index contributed by atoms with van der Waals surface area (Å²) in [6.07, 6.45) is 1.68. The third-order valence-electron chi connectivity index (χ3n) is 3.03. The number of methoxy groups -OCH3 is 1. The Bertz CT molecular complexity index is 735. The van der Waals surface area contributed by atoms with Gasteiger partial charge in [0.15, 0.2) is 5.65 Å². The van der Waals surface area contributed by atoms with Gasteiger partial charge in [0.05, 0.1) is 0 Å². The van der Waals surface area contributed by atoms with Crippen LogP contribution in [0.5, 0.6) is 0 Å². The number of nitrogens with zero attached hydrogens (tertiary/aromatic N) is 3. The van der Waals surface area contributed by atoms with Crippen molar-refractivity contribution in [1.82, 2.24) is 19.5 Å². The van der Waals surface area contributed by atoms with Crippen LogP contribution in [0.1, 0.15) is 6.42 Å². The molecule has 2 heterocycles. The first-order chi connectivity index (χ1) is 10.5. The predicted octanol–water partition coefficient (Wildman–Crippen LogP) is -0.898. The second-order valence-corrected chi connectivity index (χ2v) is 4.61. The van der Waals surface area contributed by atoms with Crippen LogP contribution in [0.25, 0.3) is 5.65 Å². The van der Waals surface area contributed by atoms with E-state index in [0.29, 0.717) is 5.65 Å². The second-order valence-electron chi connectivity index (χ2n) is 4.61. The molecule has 2 aromatic heterocycles. The number of carbonyl (C=O) groups is 2. The van der Waals surface area contributed by atoms with Crippen molar-refractivity contribution in [3.63, 3.8) is 0 Å². The first-order valence-corrected chi connectivity index (χ1v) is 6.58. The van der Waals surface area contributed by atoms with Gasteiger partial charge in [0, 0.05) is 26.3 Å². The number of carboxylic acids is 1. The van der Waals surface area contributed by atoms with Crippen LogP contribution in [0.3, 0.4) is 0 Å². The zero-order valence-electron chi connectivity index (χ0n) is 11.9. The average molecular weight is 308 g/mol. The highest BCUT2D eigenvalue weighted by Gasteiger charge is 2.20. The molecule has 1 atom stereocenters. The highest BCUT2D eigenvalue weighted by Crippen LogP contribution is 1.96. The number of hydrogen-bond acceptors (Lipinski definition) is 5. The topological polar surface area (TPSA) is 115 Å². The summed E-state index contributed by atoms with van der Waals surface area (Å²) in [7, 11) is 1.44. The Morgan fingerprint density at radius 1 is 1.45 bits per heavy atom. The molecular weight excluding hydrogens is 292 g/mol. The van der Waals surface area contributed by atoms with Crippen LogP contribution in [0.15, 0.2) is 29.2 Å². The maximum atomic E-state index is 12.0. The Hall–Kier alpha value is -2.68. The molecule has 118 valence electrons. The summed E-state index contributed by atoms with van der Waals surface area (Å²) in [4.78, 5) is 34.9. The van der Waals surface area contributed by atoms with E-state index in [-0.39, 0.29) is 19.6 Å². The molecule has 1 unspecified atom stereocenters. The van der Waals surface area contributed by atoms with Crippen molar-refractivity contribution in [3.8, 4) is 0 Å². The number of hydrogen-bond donors (Lipinski definition) is 2. The monoisotopic (exact) mass is 308 g/mol. The molecule has 0 spiro atoms. The smallest absolute Gasteiger partial charge is 0.350 e. The van der Waals surface area contributed by atoms with E-state index in [9.17, 15) is 14.4 Å². The lowest BCUT2D eigenvalue weighted by Crippen LogP contribution is -2.44. The van der Waals surface area contributed by atoms with Crippen LogP contribution in [-0.4, -0.2) is 50.9 Å². The van der Waals surface area contributed by atoms with E-state index >= 15 is 0 Å². The summed E-state index contributed by atoms with van der Waals surface area (Å²) < 4.78 is 7.08. The summed E-state index contributed by atoms with van der Waals surface area (Å²) >= 11 is 0. The van der Waals surface area contributed by atoms with Crippen LogP contribution in [0, 0.1) is 0 Å². The second kappa shape index (κ2) is 6.85. The summed E-state index contributed by atoms with van der Waals surface area (Å²) in [5, 5.41) is 15.4. The Labute approximate surface area is 125 Å². The molecule has 9 nitrogen and oxygen atoms in total. The van der Waals surface area contributed by atoms with Gasteiger partial charge in [-0.05, 0) is 12.1 Å². The molecule has 0 saturated heterocycles. The largest absolute Gasteiger partial charge is 0.480 e. The lowest BCUT2D eigenvalue weighted by atomic mass is 10.2. The van der Waals surface area contributed by atoms with Gasteiger partial charge in [0.25, 0.3) is 0 Å². The summed E-state index contributed by atoms with van der Waals surface area (Å²) in [6.45, 7) is -0.150. The minimum absolute atomic E-state index is 0.137. The van der Waals surface area contributed by atoms with Gasteiger partial charge in [-0.25, -0.2) is 14.3 Å². The van der Waals surface area contributed by atoms with Gasteiger partial charge in [0.1, 0.15) is 12.6 Å². The molecule has 0 saturated carbocycles. The minimum Gasteiger partial charge on any atom is -0.480 e. The van der Waals surface area contributed by atoms with Crippen LogP contribution >= 0.6 is 0 Å². The number of amides is 1. The number of aromatic nitrogens is 3. The number of carbonyl (C=O) groups excluding carboxylic acids is 1. The van der Waals surface area contributed by atoms with Gasteiger partial charge < -0.3 is 15.2 Å². The quantitative estimate of drug-likeness (QED) is 0.685. The fourth-order valence-corrected chi connectivity index (χ4v) is 1.94. The van der Waals surface area contributed by atoms with Crippen molar-refractivity contribution in [2.24, 2.45) is 0 Å². The zero-order chi connectivity index (χ0) is 16.1. The van der Waals surface area contributed by atoms with Gasteiger partial charge in [0.2, 0.25) is 5.91 Å². The third kappa shape index (κ3) is 3.50. The van der Waals surface area contributed by atoms with E-state index in [1.165, 1.54) is 17.7 Å². The van der Waals surface area contributed by atoms with Crippen molar-refractivity contribution in [2.45, 2.75) is 19.0 Å². The van der Waals surface area contributed by atoms with Crippen molar-refractivity contribution >= 4 is 17.5 Å². The first-order valence-electron chi connectivity index (χ1n) is 6.58. The number of carboxylic acid groups (broad SMARTS) is 1. The fraction of sp³-hybridized carbons (Fsp3) is 0.385. The highest BCUT2D eigenvalue weighted by atomic mass is 16.5. The van der Waals surface area contributed by atoms with Gasteiger partial charge in [-0.3, -0.25) is 9.20 Å².